The summed E-state index contributed by atoms with van der Waals surface area (Å²) in [4.78, 5) is 8.86. The molecule has 0 fully saturated rings. The number of oxime groups is 1. The number of ether oxygens (including phenoxy) is 1. The van der Waals surface area contributed by atoms with E-state index in [-0.39, 0.29) is 12.3 Å². The predicted molar refractivity (Wildman–Crippen MR) is 101 cm³/mol. The van der Waals surface area contributed by atoms with Crippen LogP contribution < -0.4 is 4.74 Å². The number of alkyl halides is 1. The molecule has 6 nitrogen and oxygen atoms in total. The lowest BCUT2D eigenvalue weighted by molar-refractivity contribution is 0.168. The first-order valence-electron chi connectivity index (χ1n) is 8.32. The van der Waals surface area contributed by atoms with Gasteiger partial charge in [-0.1, -0.05) is 36.0 Å². The van der Waals surface area contributed by atoms with E-state index < -0.39 is 6.30 Å². The summed E-state index contributed by atoms with van der Waals surface area (Å²) in [6.07, 6.45) is 2.43. The molecule has 138 valence electrons. The lowest BCUT2D eigenvalue weighted by Gasteiger charge is -2.13. The first kappa shape index (κ1) is 18.3. The second-order valence-corrected chi connectivity index (χ2v) is 5.66. The molecule has 7 heteroatoms. The molecule has 0 aliphatic carbocycles. The van der Waals surface area contributed by atoms with Crippen LogP contribution in [0.3, 0.4) is 0 Å². The highest BCUT2D eigenvalue weighted by atomic mass is 19.1. The van der Waals surface area contributed by atoms with Gasteiger partial charge in [0, 0.05) is 5.56 Å². The summed E-state index contributed by atoms with van der Waals surface area (Å²) < 4.78 is 21.8. The van der Waals surface area contributed by atoms with Gasteiger partial charge in [-0.2, -0.15) is 5.10 Å². The van der Waals surface area contributed by atoms with Crippen LogP contribution in [0.15, 0.2) is 79.0 Å². The summed E-state index contributed by atoms with van der Waals surface area (Å²) in [5, 5.41) is 7.73. The van der Waals surface area contributed by atoms with Crippen LogP contribution in [0.2, 0.25) is 0 Å². The molecule has 0 bridgehead atoms. The van der Waals surface area contributed by atoms with E-state index in [1.54, 1.807) is 24.3 Å². The minimum absolute atomic E-state index is 0.0739. The highest BCUT2D eigenvalue weighted by Crippen LogP contribution is 2.26. The Balaban J connectivity index is 1.83. The highest BCUT2D eigenvalue weighted by Gasteiger charge is 2.21. The zero-order valence-electron chi connectivity index (χ0n) is 14.8. The molecule has 0 saturated heterocycles. The molecule has 27 heavy (non-hydrogen) atoms. The topological polar surface area (TPSA) is 61.5 Å². The Labute approximate surface area is 156 Å². The number of nitrogens with zero attached hydrogens (tertiary/aromatic N) is 4. The number of hydrogen-bond donors (Lipinski definition) is 0. The third-order valence-corrected chi connectivity index (χ3v) is 3.72. The van der Waals surface area contributed by atoms with Gasteiger partial charge in [0.25, 0.3) is 0 Å². The normalized spacial score (nSPS) is 12.4. The number of rotatable bonds is 8. The minimum atomic E-state index is -1.64. The van der Waals surface area contributed by atoms with Crippen molar-refractivity contribution in [3.8, 4) is 11.5 Å². The predicted octanol–water partition coefficient (Wildman–Crippen LogP) is 4.45. The van der Waals surface area contributed by atoms with Crippen molar-refractivity contribution in [2.75, 3.05) is 6.61 Å². The number of aryl methyl sites for hydroxylation is 1. The van der Waals surface area contributed by atoms with Crippen molar-refractivity contribution >= 4 is 5.71 Å². The number of hydrogen-bond acceptors (Lipinski definition) is 5. The fourth-order valence-electron chi connectivity index (χ4n) is 2.34. The van der Waals surface area contributed by atoms with Crippen molar-refractivity contribution in [1.82, 2.24) is 14.8 Å². The van der Waals surface area contributed by atoms with Crippen LogP contribution in [0, 0.1) is 6.92 Å². The van der Waals surface area contributed by atoms with Crippen LogP contribution in [0.1, 0.15) is 17.4 Å². The van der Waals surface area contributed by atoms with Crippen LogP contribution in [0.4, 0.5) is 4.39 Å². The Morgan fingerprint density at radius 2 is 2.04 bits per heavy atom. The van der Waals surface area contributed by atoms with E-state index in [1.165, 1.54) is 18.7 Å². The van der Waals surface area contributed by atoms with E-state index in [0.717, 1.165) is 16.0 Å². The van der Waals surface area contributed by atoms with Gasteiger partial charge < -0.3 is 9.57 Å². The van der Waals surface area contributed by atoms with Crippen LogP contribution >= 0.6 is 0 Å². The van der Waals surface area contributed by atoms with E-state index >= 15 is 0 Å². The lowest BCUT2D eigenvalue weighted by atomic mass is 10.1. The number of benzene rings is 2. The molecule has 0 amide bonds. The van der Waals surface area contributed by atoms with E-state index in [9.17, 15) is 4.39 Å². The summed E-state index contributed by atoms with van der Waals surface area (Å²) in [5.74, 6) is 1.40. The second-order valence-electron chi connectivity index (χ2n) is 5.66. The van der Waals surface area contributed by atoms with Crippen molar-refractivity contribution in [2.45, 2.75) is 13.2 Å². The van der Waals surface area contributed by atoms with Crippen LogP contribution in [-0.4, -0.2) is 27.1 Å². The maximum atomic E-state index is 14.8. The maximum absolute atomic E-state index is 14.8. The van der Waals surface area contributed by atoms with Gasteiger partial charge in [-0.3, -0.25) is 0 Å². The Kier molecular flexibility index (Phi) is 5.94. The summed E-state index contributed by atoms with van der Waals surface area (Å²) in [6, 6.07) is 14.6. The van der Waals surface area contributed by atoms with Crippen molar-refractivity contribution < 1.29 is 14.0 Å². The zero-order chi connectivity index (χ0) is 19.1. The molecule has 0 N–H and O–H groups in total. The molecule has 1 atom stereocenters. The molecule has 0 aliphatic rings. The SMILES string of the molecule is C=CCON=C(c1ccc(Oc2ccccc2C)cc1)C(F)n1cncn1. The summed E-state index contributed by atoms with van der Waals surface area (Å²) in [6.45, 7) is 5.69. The molecular weight excluding hydrogens is 347 g/mol. The van der Waals surface area contributed by atoms with Gasteiger partial charge >= 0.3 is 0 Å². The van der Waals surface area contributed by atoms with Crippen LogP contribution in [0.25, 0.3) is 0 Å². The maximum Gasteiger partial charge on any atom is 0.239 e. The zero-order valence-corrected chi connectivity index (χ0v) is 14.8. The first-order valence-corrected chi connectivity index (χ1v) is 8.32. The van der Waals surface area contributed by atoms with Crippen LogP contribution in [0.5, 0.6) is 11.5 Å². The van der Waals surface area contributed by atoms with Crippen molar-refractivity contribution in [2.24, 2.45) is 5.16 Å². The summed E-state index contributed by atoms with van der Waals surface area (Å²) in [7, 11) is 0. The van der Waals surface area contributed by atoms with E-state index in [4.69, 9.17) is 9.57 Å². The van der Waals surface area contributed by atoms with E-state index in [0.29, 0.717) is 11.3 Å². The van der Waals surface area contributed by atoms with Gasteiger partial charge in [0.1, 0.15) is 36.5 Å². The molecule has 2 aromatic carbocycles. The molecule has 3 aromatic rings. The second kappa shape index (κ2) is 8.75. The Hall–Kier alpha value is -3.48. The van der Waals surface area contributed by atoms with Crippen molar-refractivity contribution in [3.63, 3.8) is 0 Å². The molecule has 0 aliphatic heterocycles. The highest BCUT2D eigenvalue weighted by molar-refractivity contribution is 6.02. The van der Waals surface area contributed by atoms with Gasteiger partial charge in [0.15, 0.2) is 0 Å². The third kappa shape index (κ3) is 4.58. The first-order chi connectivity index (χ1) is 13.2. The summed E-state index contributed by atoms with van der Waals surface area (Å²) in [5.41, 5.74) is 1.64. The minimum Gasteiger partial charge on any atom is -0.457 e. The van der Waals surface area contributed by atoms with Crippen LogP contribution in [-0.2, 0) is 4.84 Å². The van der Waals surface area contributed by atoms with E-state index in [2.05, 4.69) is 21.8 Å². The fraction of sp³-hybridized carbons (Fsp3) is 0.150. The number of para-hydroxylation sites is 1. The summed E-state index contributed by atoms with van der Waals surface area (Å²) >= 11 is 0. The largest absolute Gasteiger partial charge is 0.457 e. The molecule has 0 radical (unpaired) electrons. The lowest BCUT2D eigenvalue weighted by Crippen LogP contribution is -2.17. The molecule has 3 rings (SSSR count). The van der Waals surface area contributed by atoms with Gasteiger partial charge in [-0.15, -0.1) is 0 Å². The fourth-order valence-corrected chi connectivity index (χ4v) is 2.34. The van der Waals surface area contributed by atoms with Gasteiger partial charge in [0.2, 0.25) is 6.30 Å². The average molecular weight is 366 g/mol. The molecule has 0 spiro atoms. The smallest absolute Gasteiger partial charge is 0.239 e. The standard InChI is InChI=1S/C20H19FN4O2/c1-3-12-26-24-19(20(21)25-14-22-13-23-25)16-8-10-17(11-9-16)27-18-7-5-4-6-15(18)2/h3-11,13-14,20H,1,12H2,2H3. The Morgan fingerprint density at radius 1 is 1.26 bits per heavy atom. The molecule has 1 aromatic heterocycles. The Morgan fingerprint density at radius 3 is 2.70 bits per heavy atom. The molecule has 1 unspecified atom stereocenters. The Bertz CT molecular complexity index is 908. The quantitative estimate of drug-likeness (QED) is 0.256. The van der Waals surface area contributed by atoms with Gasteiger partial charge in [-0.25, -0.2) is 14.1 Å². The number of halogens is 1. The monoisotopic (exact) mass is 366 g/mol. The van der Waals surface area contributed by atoms with E-state index in [1.807, 2.05) is 31.2 Å². The number of aromatic nitrogens is 3. The van der Waals surface area contributed by atoms with Gasteiger partial charge in [0.05, 0.1) is 0 Å². The molecular formula is C20H19FN4O2. The molecule has 1 heterocycles. The average Bonchev–Trinajstić information content (AvgIpc) is 3.22. The van der Waals surface area contributed by atoms with Gasteiger partial charge in [-0.05, 0) is 42.8 Å². The molecule has 0 saturated carbocycles. The third-order valence-electron chi connectivity index (χ3n) is 3.72. The van der Waals surface area contributed by atoms with Crippen molar-refractivity contribution in [1.29, 1.82) is 0 Å². The van der Waals surface area contributed by atoms with Crippen molar-refractivity contribution in [3.05, 3.63) is 85.0 Å².